The maximum Gasteiger partial charge on any atom is 0.241 e. The zero-order valence-corrected chi connectivity index (χ0v) is 16.5. The summed E-state index contributed by atoms with van der Waals surface area (Å²) in [5.41, 5.74) is 0.523. The zero-order chi connectivity index (χ0) is 19.8. The van der Waals surface area contributed by atoms with Crippen LogP contribution in [0.2, 0.25) is 0 Å². The lowest BCUT2D eigenvalue weighted by atomic mass is 9.79. The van der Waals surface area contributed by atoms with Crippen molar-refractivity contribution in [2.45, 2.75) is 29.8 Å². The monoisotopic (exact) mass is 397 g/mol. The minimum absolute atomic E-state index is 0.0715. The fourth-order valence-corrected chi connectivity index (χ4v) is 5.29. The SMILES string of the molecule is COc1ccc2c(c1)CCCC2(O)CNS(=O)(=O)c1cccc2ccccc12. The predicted octanol–water partition coefficient (Wildman–Crippen LogP) is 3.35. The lowest BCUT2D eigenvalue weighted by molar-refractivity contribution is 0.0242. The molecule has 0 fully saturated rings. The predicted molar refractivity (Wildman–Crippen MR) is 109 cm³/mol. The Labute approximate surface area is 165 Å². The molecule has 0 radical (unpaired) electrons. The van der Waals surface area contributed by atoms with E-state index in [1.807, 2.05) is 36.4 Å². The van der Waals surface area contributed by atoms with Gasteiger partial charge in [0.1, 0.15) is 11.4 Å². The number of ether oxygens (including phenoxy) is 1. The van der Waals surface area contributed by atoms with Gasteiger partial charge in [0.25, 0.3) is 0 Å². The van der Waals surface area contributed by atoms with Crippen molar-refractivity contribution in [3.63, 3.8) is 0 Å². The Balaban J connectivity index is 1.64. The number of aryl methyl sites for hydroxylation is 1. The summed E-state index contributed by atoms with van der Waals surface area (Å²) in [6, 6.07) is 18.1. The van der Waals surface area contributed by atoms with Gasteiger partial charge in [-0.2, -0.15) is 0 Å². The number of hydrogen-bond donors (Lipinski definition) is 2. The molecule has 2 N–H and O–H groups in total. The van der Waals surface area contributed by atoms with Crippen LogP contribution in [0.25, 0.3) is 10.8 Å². The maximum atomic E-state index is 13.0. The molecule has 0 saturated carbocycles. The lowest BCUT2D eigenvalue weighted by Gasteiger charge is -2.34. The Morgan fingerprint density at radius 1 is 1.11 bits per heavy atom. The summed E-state index contributed by atoms with van der Waals surface area (Å²) < 4.78 is 33.9. The van der Waals surface area contributed by atoms with Crippen molar-refractivity contribution in [3.05, 3.63) is 71.8 Å². The van der Waals surface area contributed by atoms with E-state index in [9.17, 15) is 13.5 Å². The van der Waals surface area contributed by atoms with Crippen LogP contribution in [0.4, 0.5) is 0 Å². The highest BCUT2D eigenvalue weighted by molar-refractivity contribution is 7.89. The molecule has 3 aromatic rings. The van der Waals surface area contributed by atoms with E-state index in [0.29, 0.717) is 11.8 Å². The number of hydrogen-bond acceptors (Lipinski definition) is 4. The minimum Gasteiger partial charge on any atom is -0.497 e. The number of sulfonamides is 1. The molecule has 1 aliphatic rings. The van der Waals surface area contributed by atoms with Crippen LogP contribution in [0, 0.1) is 0 Å². The number of benzene rings is 3. The van der Waals surface area contributed by atoms with E-state index in [4.69, 9.17) is 4.74 Å². The van der Waals surface area contributed by atoms with Crippen molar-refractivity contribution >= 4 is 20.8 Å². The lowest BCUT2D eigenvalue weighted by Crippen LogP contribution is -2.43. The summed E-state index contributed by atoms with van der Waals surface area (Å²) in [6.07, 6.45) is 2.13. The molecule has 28 heavy (non-hydrogen) atoms. The Morgan fingerprint density at radius 2 is 1.89 bits per heavy atom. The fourth-order valence-electron chi connectivity index (χ4n) is 3.97. The molecule has 3 aromatic carbocycles. The van der Waals surface area contributed by atoms with Crippen molar-refractivity contribution < 1.29 is 18.3 Å². The molecule has 1 atom stereocenters. The number of nitrogens with one attached hydrogen (secondary N) is 1. The van der Waals surface area contributed by atoms with Gasteiger partial charge in [-0.1, -0.05) is 42.5 Å². The van der Waals surface area contributed by atoms with Crippen LogP contribution in [-0.4, -0.2) is 27.2 Å². The largest absolute Gasteiger partial charge is 0.497 e. The summed E-state index contributed by atoms with van der Waals surface area (Å²) in [6.45, 7) is -0.0715. The van der Waals surface area contributed by atoms with Crippen LogP contribution in [-0.2, 0) is 22.0 Å². The van der Waals surface area contributed by atoms with Gasteiger partial charge in [0, 0.05) is 11.9 Å². The van der Waals surface area contributed by atoms with Gasteiger partial charge in [-0.05, 0) is 54.0 Å². The van der Waals surface area contributed by atoms with Gasteiger partial charge < -0.3 is 9.84 Å². The van der Waals surface area contributed by atoms with Crippen molar-refractivity contribution in [1.82, 2.24) is 4.72 Å². The molecule has 5 nitrogen and oxygen atoms in total. The Kier molecular flexibility index (Phi) is 4.87. The molecule has 0 spiro atoms. The summed E-state index contributed by atoms with van der Waals surface area (Å²) in [5, 5.41) is 12.8. The molecule has 0 aliphatic heterocycles. The average molecular weight is 397 g/mol. The van der Waals surface area contributed by atoms with Gasteiger partial charge in [0.2, 0.25) is 10.0 Å². The molecule has 6 heteroatoms. The third-order valence-electron chi connectivity index (χ3n) is 5.44. The second-order valence-corrected chi connectivity index (χ2v) is 8.95. The van der Waals surface area contributed by atoms with Crippen LogP contribution < -0.4 is 9.46 Å². The zero-order valence-electron chi connectivity index (χ0n) is 15.7. The highest BCUT2D eigenvalue weighted by Gasteiger charge is 2.36. The third-order valence-corrected chi connectivity index (χ3v) is 6.90. The fraction of sp³-hybridized carbons (Fsp3) is 0.273. The topological polar surface area (TPSA) is 75.6 Å². The van der Waals surface area contributed by atoms with E-state index < -0.39 is 15.6 Å². The number of aliphatic hydroxyl groups is 1. The first-order chi connectivity index (χ1) is 13.4. The molecular weight excluding hydrogens is 374 g/mol. The van der Waals surface area contributed by atoms with E-state index in [0.717, 1.165) is 35.1 Å². The van der Waals surface area contributed by atoms with E-state index in [-0.39, 0.29) is 11.4 Å². The van der Waals surface area contributed by atoms with Gasteiger partial charge in [0.15, 0.2) is 0 Å². The highest BCUT2D eigenvalue weighted by atomic mass is 32.2. The molecule has 1 aliphatic carbocycles. The standard InChI is InChI=1S/C22H23NO4S/c1-27-18-11-12-20-17(14-18)8-5-13-22(20,24)15-23-28(25,26)21-10-4-7-16-6-2-3-9-19(16)21/h2-4,6-7,9-12,14,23-24H,5,8,13,15H2,1H3. The van der Waals surface area contributed by atoms with Gasteiger partial charge in [-0.15, -0.1) is 0 Å². The van der Waals surface area contributed by atoms with Crippen LogP contribution in [0.5, 0.6) is 5.75 Å². The highest BCUT2D eigenvalue weighted by Crippen LogP contribution is 2.37. The van der Waals surface area contributed by atoms with Gasteiger partial charge >= 0.3 is 0 Å². The summed E-state index contributed by atoms with van der Waals surface area (Å²) >= 11 is 0. The first-order valence-corrected chi connectivity index (χ1v) is 10.8. The Hall–Kier alpha value is -2.41. The van der Waals surface area contributed by atoms with Gasteiger partial charge in [-0.3, -0.25) is 0 Å². The average Bonchev–Trinajstić information content (AvgIpc) is 2.72. The molecule has 0 saturated heterocycles. The van der Waals surface area contributed by atoms with E-state index in [2.05, 4.69) is 4.72 Å². The van der Waals surface area contributed by atoms with Gasteiger partial charge in [-0.25, -0.2) is 13.1 Å². The molecule has 0 amide bonds. The normalized spacial score (nSPS) is 19.4. The second kappa shape index (κ2) is 7.20. The quantitative estimate of drug-likeness (QED) is 0.692. The van der Waals surface area contributed by atoms with E-state index in [1.54, 1.807) is 31.4 Å². The van der Waals surface area contributed by atoms with Crippen molar-refractivity contribution in [3.8, 4) is 5.75 Å². The molecular formula is C22H23NO4S. The number of rotatable bonds is 5. The second-order valence-electron chi connectivity index (χ2n) is 7.21. The molecule has 0 heterocycles. The summed E-state index contributed by atoms with van der Waals surface area (Å²) in [7, 11) is -2.17. The molecule has 0 aromatic heterocycles. The van der Waals surface area contributed by atoms with Crippen LogP contribution in [0.3, 0.4) is 0 Å². The Bertz CT molecular complexity index is 1120. The van der Waals surface area contributed by atoms with Crippen LogP contribution >= 0.6 is 0 Å². The smallest absolute Gasteiger partial charge is 0.241 e. The summed E-state index contributed by atoms with van der Waals surface area (Å²) in [4.78, 5) is 0.222. The number of fused-ring (bicyclic) bond motifs is 2. The Morgan fingerprint density at radius 3 is 2.71 bits per heavy atom. The number of methoxy groups -OCH3 is 1. The first-order valence-electron chi connectivity index (χ1n) is 9.30. The van der Waals surface area contributed by atoms with E-state index >= 15 is 0 Å². The van der Waals surface area contributed by atoms with Crippen LogP contribution in [0.15, 0.2) is 65.6 Å². The third kappa shape index (κ3) is 3.39. The van der Waals surface area contributed by atoms with Gasteiger partial charge in [0.05, 0.1) is 12.0 Å². The van der Waals surface area contributed by atoms with Crippen molar-refractivity contribution in [2.24, 2.45) is 0 Å². The van der Waals surface area contributed by atoms with Crippen molar-refractivity contribution in [2.75, 3.05) is 13.7 Å². The van der Waals surface area contributed by atoms with E-state index in [1.165, 1.54) is 0 Å². The molecule has 146 valence electrons. The first kappa shape index (κ1) is 18.9. The molecule has 4 rings (SSSR count). The minimum atomic E-state index is -3.77. The van der Waals surface area contributed by atoms with Crippen LogP contribution in [0.1, 0.15) is 24.0 Å². The summed E-state index contributed by atoms with van der Waals surface area (Å²) in [5.74, 6) is 0.735. The molecule has 0 bridgehead atoms. The van der Waals surface area contributed by atoms with Crippen molar-refractivity contribution in [1.29, 1.82) is 0 Å². The maximum absolute atomic E-state index is 13.0. The molecule has 1 unspecified atom stereocenters.